The van der Waals surface area contributed by atoms with E-state index in [2.05, 4.69) is 13.8 Å². The molecule has 0 N–H and O–H groups in total. The maximum Gasteiger partial charge on any atom is 0.247 e. The van der Waals surface area contributed by atoms with Crippen LogP contribution in [0, 0.1) is 0 Å². The van der Waals surface area contributed by atoms with Gasteiger partial charge in [0.2, 0.25) is 5.91 Å². The van der Waals surface area contributed by atoms with Crippen LogP contribution in [0.3, 0.4) is 0 Å². The third-order valence-corrected chi connectivity index (χ3v) is 4.06. The van der Waals surface area contributed by atoms with Gasteiger partial charge >= 0.3 is 0 Å². The Morgan fingerprint density at radius 1 is 1.24 bits per heavy atom. The smallest absolute Gasteiger partial charge is 0.247 e. The average Bonchev–Trinajstić information content (AvgIpc) is 2.47. The summed E-state index contributed by atoms with van der Waals surface area (Å²) < 4.78 is 5.41. The van der Waals surface area contributed by atoms with E-state index in [1.165, 1.54) is 6.42 Å². The first-order valence-electron chi connectivity index (χ1n) is 7.85. The molecule has 1 aliphatic rings. The fourth-order valence-corrected chi connectivity index (χ4v) is 2.95. The fourth-order valence-electron chi connectivity index (χ4n) is 2.95. The Morgan fingerprint density at radius 3 is 2.43 bits per heavy atom. The summed E-state index contributed by atoms with van der Waals surface area (Å²) in [5.41, 5.74) is 1.02. The highest BCUT2D eigenvalue weighted by atomic mass is 16.5. The van der Waals surface area contributed by atoms with Gasteiger partial charge in [0.25, 0.3) is 0 Å². The molecule has 1 fully saturated rings. The Morgan fingerprint density at radius 2 is 1.86 bits per heavy atom. The second-order valence-electron chi connectivity index (χ2n) is 5.71. The van der Waals surface area contributed by atoms with E-state index in [4.69, 9.17) is 4.74 Å². The molecule has 1 aromatic carbocycles. The first-order chi connectivity index (χ1) is 10.1. The summed E-state index contributed by atoms with van der Waals surface area (Å²) in [5.74, 6) is 0.975. The predicted molar refractivity (Wildman–Crippen MR) is 86.3 cm³/mol. The minimum absolute atomic E-state index is 0.114. The van der Waals surface area contributed by atoms with Crippen LogP contribution < -0.4 is 4.74 Å². The largest absolute Gasteiger partial charge is 0.494 e. The number of ether oxygens (including phenoxy) is 1. The maximum atomic E-state index is 12.4. The van der Waals surface area contributed by atoms with E-state index in [0.29, 0.717) is 18.7 Å². The minimum atomic E-state index is 0.114. The lowest BCUT2D eigenvalue weighted by Crippen LogP contribution is -2.46. The topological polar surface area (TPSA) is 29.5 Å². The quantitative estimate of drug-likeness (QED) is 0.786. The van der Waals surface area contributed by atoms with Gasteiger partial charge in [0.1, 0.15) is 5.75 Å². The van der Waals surface area contributed by atoms with E-state index in [1.807, 2.05) is 42.2 Å². The second-order valence-corrected chi connectivity index (χ2v) is 5.71. The number of benzene rings is 1. The minimum Gasteiger partial charge on any atom is -0.494 e. The maximum absolute atomic E-state index is 12.4. The van der Waals surface area contributed by atoms with Gasteiger partial charge in [-0.25, -0.2) is 0 Å². The normalized spacial score (nSPS) is 22.5. The van der Waals surface area contributed by atoms with Crippen molar-refractivity contribution < 1.29 is 9.53 Å². The van der Waals surface area contributed by atoms with Gasteiger partial charge in [-0.15, -0.1) is 0 Å². The Labute approximate surface area is 127 Å². The first-order valence-corrected chi connectivity index (χ1v) is 7.85. The van der Waals surface area contributed by atoms with Crippen molar-refractivity contribution in [2.24, 2.45) is 0 Å². The van der Waals surface area contributed by atoms with Crippen LogP contribution in [0.2, 0.25) is 0 Å². The van der Waals surface area contributed by atoms with Gasteiger partial charge in [-0.05, 0) is 63.8 Å². The summed E-state index contributed by atoms with van der Waals surface area (Å²) in [5, 5.41) is 0. The van der Waals surface area contributed by atoms with Gasteiger partial charge in [-0.2, -0.15) is 0 Å². The van der Waals surface area contributed by atoms with E-state index in [0.717, 1.165) is 24.2 Å². The number of likely N-dealkylation sites (tertiary alicyclic amines) is 1. The monoisotopic (exact) mass is 287 g/mol. The highest BCUT2D eigenvalue weighted by Crippen LogP contribution is 2.23. The first kappa shape index (κ1) is 15.6. The molecule has 2 rings (SSSR count). The lowest BCUT2D eigenvalue weighted by atomic mass is 9.97. The molecule has 2 unspecified atom stereocenters. The molecule has 3 heteroatoms. The molecule has 0 aromatic heterocycles. The summed E-state index contributed by atoms with van der Waals surface area (Å²) in [4.78, 5) is 14.4. The van der Waals surface area contributed by atoms with E-state index >= 15 is 0 Å². The average molecular weight is 287 g/mol. The number of amides is 1. The van der Waals surface area contributed by atoms with Crippen molar-refractivity contribution >= 4 is 12.0 Å². The second kappa shape index (κ2) is 7.30. The zero-order valence-electron chi connectivity index (χ0n) is 13.2. The molecule has 2 atom stereocenters. The molecule has 3 nitrogen and oxygen atoms in total. The van der Waals surface area contributed by atoms with Gasteiger partial charge in [-0.1, -0.05) is 12.1 Å². The number of hydrogen-bond donors (Lipinski definition) is 0. The SMILES string of the molecule is CCOc1ccc(/C=C/C(=O)N2C(C)CCCC2C)cc1. The third-order valence-electron chi connectivity index (χ3n) is 4.06. The van der Waals surface area contributed by atoms with Crippen LogP contribution in [0.4, 0.5) is 0 Å². The van der Waals surface area contributed by atoms with Gasteiger partial charge in [0.05, 0.1) is 6.61 Å². The Hall–Kier alpha value is -1.77. The van der Waals surface area contributed by atoms with E-state index in [-0.39, 0.29) is 5.91 Å². The lowest BCUT2D eigenvalue weighted by molar-refractivity contribution is -0.131. The van der Waals surface area contributed by atoms with Crippen molar-refractivity contribution in [2.75, 3.05) is 6.61 Å². The van der Waals surface area contributed by atoms with E-state index in [1.54, 1.807) is 6.08 Å². The number of hydrogen-bond acceptors (Lipinski definition) is 2. The Balaban J connectivity index is 2.00. The van der Waals surface area contributed by atoms with Crippen molar-refractivity contribution in [3.63, 3.8) is 0 Å². The number of nitrogens with zero attached hydrogens (tertiary/aromatic N) is 1. The zero-order valence-corrected chi connectivity index (χ0v) is 13.2. The van der Waals surface area contributed by atoms with Crippen LogP contribution >= 0.6 is 0 Å². The van der Waals surface area contributed by atoms with Crippen molar-refractivity contribution in [1.82, 2.24) is 4.90 Å². The van der Waals surface area contributed by atoms with Crippen molar-refractivity contribution in [2.45, 2.75) is 52.1 Å². The molecule has 1 aromatic rings. The van der Waals surface area contributed by atoms with Gasteiger partial charge < -0.3 is 9.64 Å². The fraction of sp³-hybridized carbons (Fsp3) is 0.500. The predicted octanol–water partition coefficient (Wildman–Crippen LogP) is 3.89. The number of carbonyl (C=O) groups excluding carboxylic acids is 1. The van der Waals surface area contributed by atoms with Crippen LogP contribution in [0.5, 0.6) is 5.75 Å². The molecule has 0 aliphatic carbocycles. The number of rotatable bonds is 4. The van der Waals surface area contributed by atoms with Crippen molar-refractivity contribution in [3.05, 3.63) is 35.9 Å². The number of piperidine rings is 1. The number of carbonyl (C=O) groups is 1. The van der Waals surface area contributed by atoms with Crippen molar-refractivity contribution in [1.29, 1.82) is 0 Å². The molecule has 21 heavy (non-hydrogen) atoms. The molecular formula is C18H25NO2. The summed E-state index contributed by atoms with van der Waals surface area (Å²) >= 11 is 0. The van der Waals surface area contributed by atoms with Gasteiger partial charge in [0, 0.05) is 18.2 Å². The Kier molecular flexibility index (Phi) is 5.43. The lowest BCUT2D eigenvalue weighted by Gasteiger charge is -2.38. The summed E-state index contributed by atoms with van der Waals surface area (Å²) in [6.45, 7) is 6.91. The zero-order chi connectivity index (χ0) is 15.2. The van der Waals surface area contributed by atoms with Crippen LogP contribution in [-0.4, -0.2) is 29.5 Å². The molecule has 114 valence electrons. The molecule has 0 saturated carbocycles. The summed E-state index contributed by atoms with van der Waals surface area (Å²) in [6, 6.07) is 8.48. The highest BCUT2D eigenvalue weighted by Gasteiger charge is 2.27. The standard InChI is InChI=1S/C18H25NO2/c1-4-21-17-11-8-16(9-12-17)10-13-18(20)19-14(2)6-5-7-15(19)3/h8-15H,4-7H2,1-3H3/b13-10+. The van der Waals surface area contributed by atoms with Crippen LogP contribution in [0.25, 0.3) is 6.08 Å². The molecule has 1 heterocycles. The Bertz CT molecular complexity index is 482. The van der Waals surface area contributed by atoms with Crippen LogP contribution in [0.15, 0.2) is 30.3 Å². The van der Waals surface area contributed by atoms with Crippen LogP contribution in [-0.2, 0) is 4.79 Å². The summed E-state index contributed by atoms with van der Waals surface area (Å²) in [6.07, 6.45) is 6.99. The van der Waals surface area contributed by atoms with E-state index < -0.39 is 0 Å². The van der Waals surface area contributed by atoms with Crippen molar-refractivity contribution in [3.8, 4) is 5.75 Å². The van der Waals surface area contributed by atoms with Gasteiger partial charge in [-0.3, -0.25) is 4.79 Å². The molecule has 0 bridgehead atoms. The molecule has 1 amide bonds. The summed E-state index contributed by atoms with van der Waals surface area (Å²) in [7, 11) is 0. The molecule has 0 spiro atoms. The van der Waals surface area contributed by atoms with E-state index in [9.17, 15) is 4.79 Å². The highest BCUT2D eigenvalue weighted by molar-refractivity contribution is 5.92. The molecular weight excluding hydrogens is 262 g/mol. The van der Waals surface area contributed by atoms with Gasteiger partial charge in [0.15, 0.2) is 0 Å². The molecule has 0 radical (unpaired) electrons. The molecule has 1 aliphatic heterocycles. The third kappa shape index (κ3) is 4.10. The molecule has 1 saturated heterocycles. The van der Waals surface area contributed by atoms with Crippen LogP contribution in [0.1, 0.15) is 45.6 Å².